The van der Waals surface area contributed by atoms with E-state index >= 15 is 0 Å². The minimum atomic E-state index is -0.829. The molecule has 1 aliphatic rings. The molecule has 0 bridgehead atoms. The number of nitrogens with zero attached hydrogens (tertiary/aromatic N) is 1. The van der Waals surface area contributed by atoms with Gasteiger partial charge in [0, 0.05) is 13.1 Å². The second-order valence-corrected chi connectivity index (χ2v) is 5.84. The van der Waals surface area contributed by atoms with Gasteiger partial charge in [-0.05, 0) is 24.0 Å². The Bertz CT molecular complexity index is 384. The van der Waals surface area contributed by atoms with Crippen LogP contribution in [0.5, 0.6) is 0 Å². The number of rotatable bonds is 2. The number of hydrogen-bond acceptors (Lipinski definition) is 3. The van der Waals surface area contributed by atoms with E-state index in [1.807, 2.05) is 6.07 Å². The predicted molar refractivity (Wildman–Crippen MR) is 61.9 cm³/mol. The van der Waals surface area contributed by atoms with Gasteiger partial charge in [0.05, 0.1) is 5.00 Å². The Kier molecular flexibility index (Phi) is 2.46. The molecular formula is C11H15NO2S. The molecule has 2 heterocycles. The van der Waals surface area contributed by atoms with Crippen LogP contribution in [-0.2, 0) is 0 Å². The molecule has 3 nitrogen and oxygen atoms in total. The van der Waals surface area contributed by atoms with Gasteiger partial charge in [-0.15, -0.1) is 11.3 Å². The van der Waals surface area contributed by atoms with Crippen molar-refractivity contribution in [3.8, 4) is 0 Å². The van der Waals surface area contributed by atoms with Gasteiger partial charge in [-0.3, -0.25) is 0 Å². The first kappa shape index (κ1) is 10.5. The molecule has 0 atom stereocenters. The van der Waals surface area contributed by atoms with Crippen molar-refractivity contribution in [3.63, 3.8) is 0 Å². The fourth-order valence-corrected chi connectivity index (χ4v) is 2.78. The molecular weight excluding hydrogens is 210 g/mol. The Balaban J connectivity index is 2.14. The van der Waals surface area contributed by atoms with Crippen LogP contribution >= 0.6 is 11.3 Å². The van der Waals surface area contributed by atoms with Gasteiger partial charge in [0.1, 0.15) is 4.88 Å². The van der Waals surface area contributed by atoms with E-state index in [2.05, 4.69) is 18.7 Å². The number of carboxylic acid groups (broad SMARTS) is 1. The first-order valence-corrected chi connectivity index (χ1v) is 5.88. The van der Waals surface area contributed by atoms with Gasteiger partial charge in [-0.2, -0.15) is 0 Å². The van der Waals surface area contributed by atoms with Gasteiger partial charge in [-0.25, -0.2) is 4.79 Å². The number of hydrogen-bond donors (Lipinski definition) is 1. The summed E-state index contributed by atoms with van der Waals surface area (Å²) in [7, 11) is 0. The van der Waals surface area contributed by atoms with Crippen LogP contribution in [0.4, 0.5) is 5.00 Å². The number of aromatic carboxylic acids is 1. The van der Waals surface area contributed by atoms with E-state index in [9.17, 15) is 4.79 Å². The van der Waals surface area contributed by atoms with E-state index in [0.29, 0.717) is 10.3 Å². The molecule has 1 N–H and O–H groups in total. The summed E-state index contributed by atoms with van der Waals surface area (Å²) >= 11 is 1.37. The topological polar surface area (TPSA) is 40.5 Å². The second-order valence-electron chi connectivity index (χ2n) is 4.78. The summed E-state index contributed by atoms with van der Waals surface area (Å²) in [6.07, 6.45) is 1.17. The van der Waals surface area contributed by atoms with Crippen molar-refractivity contribution in [1.82, 2.24) is 0 Å². The van der Waals surface area contributed by atoms with Crippen LogP contribution < -0.4 is 4.90 Å². The highest BCUT2D eigenvalue weighted by Gasteiger charge is 2.30. The third-order valence-electron chi connectivity index (χ3n) is 2.79. The Morgan fingerprint density at radius 2 is 2.27 bits per heavy atom. The molecule has 0 aliphatic carbocycles. The van der Waals surface area contributed by atoms with Crippen LogP contribution in [0.3, 0.4) is 0 Å². The number of carbonyl (C=O) groups is 1. The molecule has 1 aliphatic heterocycles. The zero-order valence-corrected chi connectivity index (χ0v) is 9.80. The summed E-state index contributed by atoms with van der Waals surface area (Å²) in [5.74, 6) is -0.829. The van der Waals surface area contributed by atoms with Crippen molar-refractivity contribution in [1.29, 1.82) is 0 Å². The lowest BCUT2D eigenvalue weighted by Crippen LogP contribution is -2.21. The van der Waals surface area contributed by atoms with E-state index in [0.717, 1.165) is 18.1 Å². The average Bonchev–Trinajstić information content (AvgIpc) is 2.70. The molecule has 15 heavy (non-hydrogen) atoms. The van der Waals surface area contributed by atoms with E-state index in [1.54, 1.807) is 6.07 Å². The average molecular weight is 225 g/mol. The zero-order valence-electron chi connectivity index (χ0n) is 8.99. The summed E-state index contributed by atoms with van der Waals surface area (Å²) in [6, 6.07) is 3.60. The molecule has 0 unspecified atom stereocenters. The van der Waals surface area contributed by atoms with Crippen molar-refractivity contribution in [2.75, 3.05) is 18.0 Å². The van der Waals surface area contributed by atoms with Crippen molar-refractivity contribution < 1.29 is 9.90 Å². The molecule has 0 aromatic carbocycles. The van der Waals surface area contributed by atoms with Gasteiger partial charge in [-0.1, -0.05) is 13.8 Å². The summed E-state index contributed by atoms with van der Waals surface area (Å²) in [5.41, 5.74) is 0.355. The fraction of sp³-hybridized carbons (Fsp3) is 0.545. The minimum absolute atomic E-state index is 0.355. The van der Waals surface area contributed by atoms with Crippen LogP contribution in [-0.4, -0.2) is 24.2 Å². The highest BCUT2D eigenvalue weighted by molar-refractivity contribution is 7.17. The maximum absolute atomic E-state index is 10.7. The molecule has 0 spiro atoms. The molecule has 4 heteroatoms. The Morgan fingerprint density at radius 3 is 2.73 bits per heavy atom. The summed E-state index contributed by atoms with van der Waals surface area (Å²) in [6.45, 7) is 6.55. The monoisotopic (exact) mass is 225 g/mol. The summed E-state index contributed by atoms with van der Waals surface area (Å²) in [5, 5.41) is 9.92. The SMILES string of the molecule is CC1(C)CCN(c2ccc(C(=O)O)s2)C1. The number of carboxylic acids is 1. The van der Waals surface area contributed by atoms with Gasteiger partial charge in [0.15, 0.2) is 0 Å². The third-order valence-corrected chi connectivity index (χ3v) is 3.93. The van der Waals surface area contributed by atoms with E-state index in [1.165, 1.54) is 17.8 Å². The van der Waals surface area contributed by atoms with Crippen molar-refractivity contribution in [2.45, 2.75) is 20.3 Å². The summed E-state index contributed by atoms with van der Waals surface area (Å²) < 4.78 is 0. The van der Waals surface area contributed by atoms with Gasteiger partial charge in [0.2, 0.25) is 0 Å². The standard InChI is InChI=1S/C11H15NO2S/c1-11(2)5-6-12(7-11)9-4-3-8(15-9)10(13)14/h3-4H,5-7H2,1-2H3,(H,13,14). The Hall–Kier alpha value is -1.03. The van der Waals surface area contributed by atoms with Crippen molar-refractivity contribution in [2.24, 2.45) is 5.41 Å². The van der Waals surface area contributed by atoms with Crippen molar-refractivity contribution in [3.05, 3.63) is 17.0 Å². The first-order chi connectivity index (χ1) is 6.98. The molecule has 1 fully saturated rings. The van der Waals surface area contributed by atoms with Gasteiger partial charge in [0.25, 0.3) is 0 Å². The van der Waals surface area contributed by atoms with E-state index < -0.39 is 5.97 Å². The van der Waals surface area contributed by atoms with Crippen LogP contribution in [0.15, 0.2) is 12.1 Å². The predicted octanol–water partition coefficient (Wildman–Crippen LogP) is 2.68. The number of anilines is 1. The highest BCUT2D eigenvalue weighted by atomic mass is 32.1. The smallest absolute Gasteiger partial charge is 0.345 e. The van der Waals surface area contributed by atoms with E-state index in [4.69, 9.17) is 5.11 Å². The summed E-state index contributed by atoms with van der Waals surface area (Å²) in [4.78, 5) is 13.4. The lowest BCUT2D eigenvalue weighted by Gasteiger charge is -2.19. The minimum Gasteiger partial charge on any atom is -0.477 e. The van der Waals surface area contributed by atoms with Crippen LogP contribution in [0, 0.1) is 5.41 Å². The maximum Gasteiger partial charge on any atom is 0.345 e. The fourth-order valence-electron chi connectivity index (χ4n) is 1.91. The third kappa shape index (κ3) is 2.15. The maximum atomic E-state index is 10.7. The first-order valence-electron chi connectivity index (χ1n) is 5.06. The molecule has 0 radical (unpaired) electrons. The Morgan fingerprint density at radius 1 is 1.53 bits per heavy atom. The molecule has 82 valence electrons. The Labute approximate surface area is 93.3 Å². The van der Waals surface area contributed by atoms with Crippen LogP contribution in [0.2, 0.25) is 0 Å². The zero-order chi connectivity index (χ0) is 11.1. The molecule has 1 saturated heterocycles. The van der Waals surface area contributed by atoms with Crippen LogP contribution in [0.1, 0.15) is 29.9 Å². The number of thiophene rings is 1. The van der Waals surface area contributed by atoms with Crippen molar-refractivity contribution >= 4 is 22.3 Å². The molecule has 2 rings (SSSR count). The second kappa shape index (κ2) is 3.52. The molecule has 1 aromatic heterocycles. The highest BCUT2D eigenvalue weighted by Crippen LogP contribution is 2.35. The quantitative estimate of drug-likeness (QED) is 0.841. The molecule has 0 saturated carbocycles. The van der Waals surface area contributed by atoms with Gasteiger partial charge >= 0.3 is 5.97 Å². The van der Waals surface area contributed by atoms with E-state index in [-0.39, 0.29) is 0 Å². The molecule has 0 amide bonds. The lowest BCUT2D eigenvalue weighted by molar-refractivity contribution is 0.0702. The normalized spacial score (nSPS) is 19.5. The van der Waals surface area contributed by atoms with Crippen LogP contribution in [0.25, 0.3) is 0 Å². The lowest BCUT2D eigenvalue weighted by atomic mass is 9.93. The van der Waals surface area contributed by atoms with Gasteiger partial charge < -0.3 is 10.0 Å². The molecule has 1 aromatic rings. The largest absolute Gasteiger partial charge is 0.477 e.